The van der Waals surface area contributed by atoms with Crippen molar-refractivity contribution in [1.29, 1.82) is 0 Å². The first-order valence-electron chi connectivity index (χ1n) is 7.29. The van der Waals surface area contributed by atoms with Gasteiger partial charge in [-0.15, -0.1) is 10.2 Å². The third kappa shape index (κ3) is 3.33. The maximum absolute atomic E-state index is 5.85. The van der Waals surface area contributed by atoms with E-state index in [0.29, 0.717) is 30.9 Å². The minimum Gasteiger partial charge on any atom is -0.419 e. The van der Waals surface area contributed by atoms with E-state index in [4.69, 9.17) is 10.2 Å². The van der Waals surface area contributed by atoms with E-state index in [1.165, 1.54) is 12.8 Å². The monoisotopic (exact) mass is 350 g/mol. The second kappa shape index (κ2) is 6.68. The molecule has 2 heterocycles. The predicted octanol–water partition coefficient (Wildman–Crippen LogP) is 2.81. The number of hydrogen-bond acceptors (Lipinski definition) is 5. The Bertz CT molecular complexity index is 601. The summed E-state index contributed by atoms with van der Waals surface area (Å²) >= 11 is 3.51. The fourth-order valence-corrected chi connectivity index (χ4v) is 3.22. The molecule has 1 saturated heterocycles. The van der Waals surface area contributed by atoms with Gasteiger partial charge in [-0.3, -0.25) is 4.90 Å². The van der Waals surface area contributed by atoms with Crippen molar-refractivity contribution in [1.82, 2.24) is 15.1 Å². The number of likely N-dealkylation sites (tertiary alicyclic amines) is 1. The zero-order valence-corrected chi connectivity index (χ0v) is 13.4. The van der Waals surface area contributed by atoms with Crippen LogP contribution in [0.3, 0.4) is 0 Å². The molecular weight excluding hydrogens is 332 g/mol. The summed E-state index contributed by atoms with van der Waals surface area (Å²) in [6, 6.07) is 8.28. The third-order valence-corrected chi connectivity index (χ3v) is 4.62. The Morgan fingerprint density at radius 3 is 2.95 bits per heavy atom. The molecule has 1 fully saturated rings. The van der Waals surface area contributed by atoms with Gasteiger partial charge in [-0.1, -0.05) is 18.6 Å². The molecular formula is C15H19BrN4O. The molecule has 2 N–H and O–H groups in total. The molecule has 1 aromatic heterocycles. The van der Waals surface area contributed by atoms with Gasteiger partial charge < -0.3 is 10.2 Å². The summed E-state index contributed by atoms with van der Waals surface area (Å²) in [6.45, 7) is 2.42. The molecule has 21 heavy (non-hydrogen) atoms. The Morgan fingerprint density at radius 2 is 2.14 bits per heavy atom. The van der Waals surface area contributed by atoms with E-state index in [0.717, 1.165) is 23.0 Å². The van der Waals surface area contributed by atoms with Crippen molar-refractivity contribution in [3.8, 4) is 11.5 Å². The zero-order valence-electron chi connectivity index (χ0n) is 11.8. The van der Waals surface area contributed by atoms with Crippen LogP contribution in [0.5, 0.6) is 0 Å². The van der Waals surface area contributed by atoms with E-state index >= 15 is 0 Å². The topological polar surface area (TPSA) is 68.2 Å². The molecule has 112 valence electrons. The molecule has 0 saturated carbocycles. The van der Waals surface area contributed by atoms with Crippen molar-refractivity contribution < 1.29 is 4.42 Å². The molecule has 6 heteroatoms. The number of nitrogens with two attached hydrogens (primary N) is 1. The highest BCUT2D eigenvalue weighted by Gasteiger charge is 2.23. The summed E-state index contributed by atoms with van der Waals surface area (Å²) in [4.78, 5) is 2.35. The lowest BCUT2D eigenvalue weighted by Crippen LogP contribution is -2.43. The van der Waals surface area contributed by atoms with Crippen molar-refractivity contribution in [2.24, 2.45) is 5.73 Å². The van der Waals surface area contributed by atoms with Gasteiger partial charge in [0, 0.05) is 17.1 Å². The van der Waals surface area contributed by atoms with E-state index in [1.54, 1.807) is 0 Å². The lowest BCUT2D eigenvalue weighted by Gasteiger charge is -2.33. The average molecular weight is 351 g/mol. The number of rotatable bonds is 4. The standard InChI is InChI=1S/C15H19BrN4O/c16-13-7-2-1-6-12(13)15-19-18-14(21-15)10-20-8-4-3-5-11(20)9-17/h1-2,6-7,11H,3-5,8-10,17H2. The van der Waals surface area contributed by atoms with Gasteiger partial charge in [-0.25, -0.2) is 0 Å². The fourth-order valence-electron chi connectivity index (χ4n) is 2.77. The second-order valence-corrected chi connectivity index (χ2v) is 6.19. The van der Waals surface area contributed by atoms with Gasteiger partial charge in [0.2, 0.25) is 11.8 Å². The molecule has 1 aromatic carbocycles. The highest BCUT2D eigenvalue weighted by atomic mass is 79.9. The maximum Gasteiger partial charge on any atom is 0.248 e. The first-order valence-corrected chi connectivity index (χ1v) is 8.08. The molecule has 3 rings (SSSR count). The molecule has 0 radical (unpaired) electrons. The lowest BCUT2D eigenvalue weighted by atomic mass is 10.0. The van der Waals surface area contributed by atoms with Gasteiger partial charge in [-0.05, 0) is 47.4 Å². The summed E-state index contributed by atoms with van der Waals surface area (Å²) in [7, 11) is 0. The first-order chi connectivity index (χ1) is 10.3. The van der Waals surface area contributed by atoms with Crippen LogP contribution >= 0.6 is 15.9 Å². The molecule has 0 aliphatic carbocycles. The molecule has 2 aromatic rings. The smallest absolute Gasteiger partial charge is 0.248 e. The summed E-state index contributed by atoms with van der Waals surface area (Å²) in [6.07, 6.45) is 3.62. The van der Waals surface area contributed by atoms with Gasteiger partial charge in [0.25, 0.3) is 0 Å². The number of benzene rings is 1. The summed E-state index contributed by atoms with van der Waals surface area (Å²) in [5, 5.41) is 8.34. The molecule has 1 aliphatic heterocycles. The van der Waals surface area contributed by atoms with Crippen LogP contribution in [0, 0.1) is 0 Å². The minimum absolute atomic E-state index is 0.428. The predicted molar refractivity (Wildman–Crippen MR) is 84.5 cm³/mol. The number of halogens is 1. The summed E-state index contributed by atoms with van der Waals surface area (Å²) in [5.74, 6) is 1.21. The summed E-state index contributed by atoms with van der Waals surface area (Å²) < 4.78 is 6.77. The fraction of sp³-hybridized carbons (Fsp3) is 0.467. The lowest BCUT2D eigenvalue weighted by molar-refractivity contribution is 0.132. The van der Waals surface area contributed by atoms with Crippen molar-refractivity contribution >= 4 is 15.9 Å². The largest absolute Gasteiger partial charge is 0.419 e. The van der Waals surface area contributed by atoms with Crippen LogP contribution < -0.4 is 5.73 Å². The van der Waals surface area contributed by atoms with Crippen LogP contribution in [0.2, 0.25) is 0 Å². The van der Waals surface area contributed by atoms with Gasteiger partial charge in [-0.2, -0.15) is 0 Å². The minimum atomic E-state index is 0.428. The Labute approximate surface area is 132 Å². The van der Waals surface area contributed by atoms with Crippen LogP contribution in [-0.2, 0) is 6.54 Å². The van der Waals surface area contributed by atoms with Crippen molar-refractivity contribution in [3.63, 3.8) is 0 Å². The van der Waals surface area contributed by atoms with Crippen LogP contribution in [0.25, 0.3) is 11.5 Å². The summed E-state index contributed by atoms with van der Waals surface area (Å²) in [5.41, 5.74) is 6.77. The number of hydrogen-bond donors (Lipinski definition) is 1. The van der Waals surface area contributed by atoms with Crippen LogP contribution in [0.1, 0.15) is 25.2 Å². The third-order valence-electron chi connectivity index (χ3n) is 3.93. The molecule has 0 spiro atoms. The van der Waals surface area contributed by atoms with E-state index in [-0.39, 0.29) is 0 Å². The second-order valence-electron chi connectivity index (χ2n) is 5.34. The van der Waals surface area contributed by atoms with E-state index in [1.807, 2.05) is 24.3 Å². The van der Waals surface area contributed by atoms with Crippen LogP contribution in [0.4, 0.5) is 0 Å². The molecule has 1 aliphatic rings. The SMILES string of the molecule is NCC1CCCCN1Cc1nnc(-c2ccccc2Br)o1. The van der Waals surface area contributed by atoms with Crippen molar-refractivity contribution in [2.75, 3.05) is 13.1 Å². The molecule has 1 atom stereocenters. The van der Waals surface area contributed by atoms with Crippen molar-refractivity contribution in [3.05, 3.63) is 34.6 Å². The maximum atomic E-state index is 5.85. The van der Waals surface area contributed by atoms with E-state index in [2.05, 4.69) is 31.0 Å². The Kier molecular flexibility index (Phi) is 4.67. The quantitative estimate of drug-likeness (QED) is 0.917. The Morgan fingerprint density at radius 1 is 1.29 bits per heavy atom. The molecule has 5 nitrogen and oxygen atoms in total. The number of aromatic nitrogens is 2. The first kappa shape index (κ1) is 14.7. The van der Waals surface area contributed by atoms with Gasteiger partial charge in [0.1, 0.15) is 0 Å². The van der Waals surface area contributed by atoms with E-state index in [9.17, 15) is 0 Å². The Hall–Kier alpha value is -1.24. The average Bonchev–Trinajstić information content (AvgIpc) is 2.96. The Balaban J connectivity index is 1.75. The normalized spacial score (nSPS) is 19.8. The molecule has 0 bridgehead atoms. The van der Waals surface area contributed by atoms with Crippen LogP contribution in [-0.4, -0.2) is 34.2 Å². The molecule has 0 amide bonds. The van der Waals surface area contributed by atoms with E-state index < -0.39 is 0 Å². The van der Waals surface area contributed by atoms with Gasteiger partial charge in [0.15, 0.2) is 0 Å². The van der Waals surface area contributed by atoms with Crippen LogP contribution in [0.15, 0.2) is 33.2 Å². The highest BCUT2D eigenvalue weighted by Crippen LogP contribution is 2.27. The number of piperidine rings is 1. The molecule has 1 unspecified atom stereocenters. The number of nitrogens with zero attached hydrogens (tertiary/aromatic N) is 3. The highest BCUT2D eigenvalue weighted by molar-refractivity contribution is 9.10. The van der Waals surface area contributed by atoms with Gasteiger partial charge >= 0.3 is 0 Å². The van der Waals surface area contributed by atoms with Crippen molar-refractivity contribution in [2.45, 2.75) is 31.8 Å². The zero-order chi connectivity index (χ0) is 14.7. The van der Waals surface area contributed by atoms with Gasteiger partial charge in [0.05, 0.1) is 12.1 Å².